The van der Waals surface area contributed by atoms with Gasteiger partial charge in [0.15, 0.2) is 0 Å². The summed E-state index contributed by atoms with van der Waals surface area (Å²) in [7, 11) is 0. The van der Waals surface area contributed by atoms with Crippen LogP contribution in [0, 0.1) is 10.1 Å². The van der Waals surface area contributed by atoms with E-state index >= 15 is 0 Å². The number of hydrogen-bond donors (Lipinski definition) is 1. The van der Waals surface area contributed by atoms with Gasteiger partial charge in [0.1, 0.15) is 17.2 Å². The lowest BCUT2D eigenvalue weighted by atomic mass is 10.2. The molecule has 8 heteroatoms. The molecule has 0 atom stereocenters. The zero-order chi connectivity index (χ0) is 18.5. The summed E-state index contributed by atoms with van der Waals surface area (Å²) >= 11 is 0. The minimum absolute atomic E-state index is 0.0764. The van der Waals surface area contributed by atoms with Crippen LogP contribution in [0.2, 0.25) is 0 Å². The summed E-state index contributed by atoms with van der Waals surface area (Å²) in [4.78, 5) is 26.0. The summed E-state index contributed by atoms with van der Waals surface area (Å²) in [5.74, 6) is -0.368. The van der Waals surface area contributed by atoms with E-state index < -0.39 is 10.9 Å². The third kappa shape index (κ3) is 3.93. The first-order valence-electron chi connectivity index (χ1n) is 7.40. The minimum Gasteiger partial charge on any atom is -0.506 e. The van der Waals surface area contributed by atoms with Crippen molar-refractivity contribution in [1.82, 2.24) is 0 Å². The van der Waals surface area contributed by atoms with Gasteiger partial charge in [-0.15, -0.1) is 0 Å². The molecule has 8 nitrogen and oxygen atoms in total. The second kappa shape index (κ2) is 7.31. The number of nitrogens with zero attached hydrogens (tertiary/aromatic N) is 2. The van der Waals surface area contributed by atoms with Gasteiger partial charge in [-0.1, -0.05) is 0 Å². The molecular formula is C18H12N2O6. The van der Waals surface area contributed by atoms with Crippen LogP contribution < -0.4 is 4.74 Å². The summed E-state index contributed by atoms with van der Waals surface area (Å²) in [5, 5.41) is 20.5. The number of nitro groups is 1. The Morgan fingerprint density at radius 1 is 1.19 bits per heavy atom. The molecule has 0 aliphatic heterocycles. The number of phenols is 1. The number of esters is 1. The summed E-state index contributed by atoms with van der Waals surface area (Å²) < 4.78 is 10.1. The predicted molar refractivity (Wildman–Crippen MR) is 92.1 cm³/mol. The summed E-state index contributed by atoms with van der Waals surface area (Å²) in [5.41, 5.74) is 0.552. The van der Waals surface area contributed by atoms with Crippen LogP contribution in [0.1, 0.15) is 16.1 Å². The van der Waals surface area contributed by atoms with E-state index in [0.717, 1.165) is 0 Å². The van der Waals surface area contributed by atoms with E-state index in [1.165, 1.54) is 36.7 Å². The predicted octanol–water partition coefficient (Wildman–Crippen LogP) is 3.86. The highest BCUT2D eigenvalue weighted by atomic mass is 16.6. The Hall–Kier alpha value is -3.94. The first kappa shape index (κ1) is 16.9. The van der Waals surface area contributed by atoms with Crippen LogP contribution in [0.15, 0.2) is 70.3 Å². The molecule has 0 radical (unpaired) electrons. The van der Waals surface area contributed by atoms with E-state index in [4.69, 9.17) is 9.15 Å². The number of aromatic hydroxyl groups is 1. The maximum atomic E-state index is 11.8. The molecule has 0 aliphatic rings. The molecule has 26 heavy (non-hydrogen) atoms. The van der Waals surface area contributed by atoms with Gasteiger partial charge in [-0.2, -0.15) is 0 Å². The van der Waals surface area contributed by atoms with Gasteiger partial charge >= 0.3 is 5.97 Å². The quantitative estimate of drug-likeness (QED) is 0.245. The van der Waals surface area contributed by atoms with Crippen LogP contribution in [0.4, 0.5) is 11.4 Å². The summed E-state index contributed by atoms with van der Waals surface area (Å²) in [6, 6.07) is 13.1. The van der Waals surface area contributed by atoms with Crippen molar-refractivity contribution in [3.63, 3.8) is 0 Å². The number of carbonyl (C=O) groups is 1. The number of hydrogen-bond acceptors (Lipinski definition) is 7. The lowest BCUT2D eigenvalue weighted by Gasteiger charge is -2.02. The van der Waals surface area contributed by atoms with E-state index in [1.807, 2.05) is 0 Å². The topological polar surface area (TPSA) is 115 Å². The third-order valence-electron chi connectivity index (χ3n) is 3.34. The summed E-state index contributed by atoms with van der Waals surface area (Å²) in [6.07, 6.45) is 2.80. The van der Waals surface area contributed by atoms with Gasteiger partial charge in [0.05, 0.1) is 11.2 Å². The molecule has 0 spiro atoms. The Bertz CT molecular complexity index is 962. The van der Waals surface area contributed by atoms with Gasteiger partial charge in [0, 0.05) is 18.3 Å². The van der Waals surface area contributed by atoms with Crippen LogP contribution in [0.5, 0.6) is 11.5 Å². The molecule has 0 saturated carbocycles. The number of non-ortho nitro benzene ring substituents is 1. The highest BCUT2D eigenvalue weighted by Crippen LogP contribution is 2.30. The molecule has 0 saturated heterocycles. The smallest absolute Gasteiger partial charge is 0.379 e. The Morgan fingerprint density at radius 2 is 1.96 bits per heavy atom. The van der Waals surface area contributed by atoms with E-state index in [1.54, 1.807) is 30.3 Å². The van der Waals surface area contributed by atoms with Gasteiger partial charge in [-0.25, -0.2) is 4.79 Å². The molecule has 1 aromatic heterocycles. The second-order valence-corrected chi connectivity index (χ2v) is 5.12. The average Bonchev–Trinajstić information content (AvgIpc) is 3.17. The van der Waals surface area contributed by atoms with Gasteiger partial charge < -0.3 is 14.3 Å². The third-order valence-corrected chi connectivity index (χ3v) is 3.34. The summed E-state index contributed by atoms with van der Waals surface area (Å²) in [6.45, 7) is 0. The number of nitro benzene ring substituents is 1. The Kier molecular flexibility index (Phi) is 4.75. The number of aliphatic imine (C=N–C) groups is 1. The van der Waals surface area contributed by atoms with E-state index in [0.29, 0.717) is 11.3 Å². The fraction of sp³-hybridized carbons (Fsp3) is 0. The normalized spacial score (nSPS) is 10.8. The molecule has 1 N–H and O–H groups in total. The van der Waals surface area contributed by atoms with Gasteiger partial charge in [-0.3, -0.25) is 15.1 Å². The molecule has 0 fully saturated rings. The maximum Gasteiger partial charge on any atom is 0.379 e. The molecule has 1 heterocycles. The molecule has 0 unspecified atom stereocenters. The fourth-order valence-corrected chi connectivity index (χ4v) is 2.05. The number of rotatable bonds is 5. The van der Waals surface area contributed by atoms with Gasteiger partial charge in [-0.05, 0) is 48.0 Å². The Morgan fingerprint density at radius 3 is 2.62 bits per heavy atom. The van der Waals surface area contributed by atoms with Crippen molar-refractivity contribution in [1.29, 1.82) is 0 Å². The molecule has 2 aromatic carbocycles. The number of benzene rings is 2. The molecular weight excluding hydrogens is 340 g/mol. The van der Waals surface area contributed by atoms with Gasteiger partial charge in [0.2, 0.25) is 5.76 Å². The molecule has 0 amide bonds. The SMILES string of the molecule is O=C(Oc1ccc(C=Nc2cc([N+](=O)[O-])ccc2O)cc1)c1ccco1. The fourth-order valence-electron chi connectivity index (χ4n) is 2.05. The van der Waals surface area contributed by atoms with Crippen LogP contribution in [-0.4, -0.2) is 22.2 Å². The molecule has 0 aliphatic carbocycles. The highest BCUT2D eigenvalue weighted by molar-refractivity contribution is 5.88. The molecule has 130 valence electrons. The molecule has 0 bridgehead atoms. The maximum absolute atomic E-state index is 11.8. The van der Waals surface area contributed by atoms with E-state index in [2.05, 4.69) is 4.99 Å². The van der Waals surface area contributed by atoms with Crippen molar-refractivity contribution in [3.8, 4) is 11.5 Å². The Balaban J connectivity index is 1.71. The monoisotopic (exact) mass is 352 g/mol. The lowest BCUT2D eigenvalue weighted by molar-refractivity contribution is -0.384. The zero-order valence-electron chi connectivity index (χ0n) is 13.2. The van der Waals surface area contributed by atoms with Crippen molar-refractivity contribution in [3.05, 3.63) is 82.3 Å². The minimum atomic E-state index is -0.613. The van der Waals surface area contributed by atoms with Crippen LogP contribution >= 0.6 is 0 Å². The molecule has 3 rings (SSSR count). The van der Waals surface area contributed by atoms with Crippen molar-refractivity contribution in [2.24, 2.45) is 4.99 Å². The zero-order valence-corrected chi connectivity index (χ0v) is 13.2. The van der Waals surface area contributed by atoms with E-state index in [-0.39, 0.29) is 22.9 Å². The van der Waals surface area contributed by atoms with Gasteiger partial charge in [0.25, 0.3) is 5.69 Å². The second-order valence-electron chi connectivity index (χ2n) is 5.12. The van der Waals surface area contributed by atoms with Crippen molar-refractivity contribution >= 4 is 23.6 Å². The number of ether oxygens (including phenoxy) is 1. The number of furan rings is 1. The average molecular weight is 352 g/mol. The first-order valence-corrected chi connectivity index (χ1v) is 7.40. The Labute approximate surface area is 147 Å². The standard InChI is InChI=1S/C18H12N2O6/c21-16-8-5-13(20(23)24)10-15(16)19-11-12-3-6-14(7-4-12)26-18(22)17-2-1-9-25-17/h1-11,21H. The molecule has 3 aromatic rings. The number of phenolic OH excluding ortho intramolecular Hbond substituents is 1. The lowest BCUT2D eigenvalue weighted by Crippen LogP contribution is -2.06. The largest absolute Gasteiger partial charge is 0.506 e. The first-order chi connectivity index (χ1) is 12.5. The highest BCUT2D eigenvalue weighted by Gasteiger charge is 2.11. The van der Waals surface area contributed by atoms with Crippen LogP contribution in [0.25, 0.3) is 0 Å². The number of carbonyl (C=O) groups excluding carboxylic acids is 1. The van der Waals surface area contributed by atoms with Crippen LogP contribution in [0.3, 0.4) is 0 Å². The van der Waals surface area contributed by atoms with E-state index in [9.17, 15) is 20.0 Å². The van der Waals surface area contributed by atoms with Crippen molar-refractivity contribution in [2.45, 2.75) is 0 Å². The van der Waals surface area contributed by atoms with Crippen molar-refractivity contribution < 1.29 is 24.0 Å². The van der Waals surface area contributed by atoms with Crippen LogP contribution in [-0.2, 0) is 0 Å². The van der Waals surface area contributed by atoms with Crippen molar-refractivity contribution in [2.75, 3.05) is 0 Å².